The number of fused-ring (bicyclic) bond motifs is 1. The van der Waals surface area contributed by atoms with Gasteiger partial charge in [-0.1, -0.05) is 6.07 Å². The summed E-state index contributed by atoms with van der Waals surface area (Å²) in [5.41, 5.74) is 1.43. The lowest BCUT2D eigenvalue weighted by Gasteiger charge is -2.31. The highest BCUT2D eigenvalue weighted by Crippen LogP contribution is 2.24. The van der Waals surface area contributed by atoms with E-state index in [0.717, 1.165) is 49.1 Å². The molecule has 0 spiro atoms. The number of nitrogens with one attached hydrogen (secondary N) is 2. The maximum Gasteiger partial charge on any atom is 0.191 e. The molecule has 1 aromatic carbocycles. The summed E-state index contributed by atoms with van der Waals surface area (Å²) in [7, 11) is 0. The van der Waals surface area contributed by atoms with Gasteiger partial charge in [0.1, 0.15) is 17.5 Å². The van der Waals surface area contributed by atoms with Crippen LogP contribution in [0.3, 0.4) is 0 Å². The van der Waals surface area contributed by atoms with Crippen LogP contribution in [-0.2, 0) is 19.5 Å². The van der Waals surface area contributed by atoms with Crippen LogP contribution in [0.2, 0.25) is 0 Å². The Balaban J connectivity index is 1.38. The van der Waals surface area contributed by atoms with Crippen molar-refractivity contribution in [3.63, 3.8) is 0 Å². The van der Waals surface area contributed by atoms with Gasteiger partial charge in [-0.2, -0.15) is 5.10 Å². The van der Waals surface area contributed by atoms with Crippen molar-refractivity contribution in [1.29, 1.82) is 0 Å². The fraction of sp³-hybridized carbons (Fsp3) is 0.591. The van der Waals surface area contributed by atoms with Crippen LogP contribution in [0.1, 0.15) is 43.4 Å². The van der Waals surface area contributed by atoms with Gasteiger partial charge in [-0.15, -0.1) is 0 Å². The largest absolute Gasteiger partial charge is 0.393 e. The summed E-state index contributed by atoms with van der Waals surface area (Å²) < 4.78 is 16.7. The standard InChI is InChI=1S/C22H32FN7O/c1-3-24-22(27-17-5-7-21-26-15(2)28-30(21)14-17)25-13-16-4-6-20(19(23)12-16)29-10-8-18(31)9-11-29/h4,6,12,17-18,31H,3,5,7-11,13-14H2,1-2H3,(H2,24,25,27). The molecule has 0 radical (unpaired) electrons. The van der Waals surface area contributed by atoms with Gasteiger partial charge in [0.25, 0.3) is 0 Å². The number of piperidine rings is 1. The van der Waals surface area contributed by atoms with Gasteiger partial charge < -0.3 is 20.6 Å². The van der Waals surface area contributed by atoms with Crippen LogP contribution < -0.4 is 15.5 Å². The van der Waals surface area contributed by atoms with E-state index in [1.807, 2.05) is 35.6 Å². The van der Waals surface area contributed by atoms with Gasteiger partial charge in [0, 0.05) is 32.1 Å². The van der Waals surface area contributed by atoms with E-state index >= 15 is 0 Å². The fourth-order valence-electron chi connectivity index (χ4n) is 4.25. The summed E-state index contributed by atoms with van der Waals surface area (Å²) in [6, 6.07) is 5.55. The average molecular weight is 430 g/mol. The van der Waals surface area contributed by atoms with Crippen LogP contribution in [0.15, 0.2) is 23.2 Å². The monoisotopic (exact) mass is 429 g/mol. The minimum Gasteiger partial charge on any atom is -0.393 e. The van der Waals surface area contributed by atoms with Crippen molar-refractivity contribution >= 4 is 11.6 Å². The van der Waals surface area contributed by atoms with E-state index in [-0.39, 0.29) is 18.0 Å². The number of anilines is 1. The molecule has 2 aliphatic heterocycles. The zero-order chi connectivity index (χ0) is 21.8. The molecule has 0 saturated carbocycles. The van der Waals surface area contributed by atoms with Crippen molar-refractivity contribution in [2.24, 2.45) is 4.99 Å². The Morgan fingerprint density at radius 2 is 2.10 bits per heavy atom. The molecule has 2 aliphatic rings. The molecule has 1 unspecified atom stereocenters. The van der Waals surface area contributed by atoms with E-state index in [9.17, 15) is 9.50 Å². The number of aliphatic hydroxyl groups excluding tert-OH is 1. The number of halogens is 1. The molecule has 3 N–H and O–H groups in total. The number of guanidine groups is 1. The molecule has 9 heteroatoms. The Labute approximate surface area is 182 Å². The maximum absolute atomic E-state index is 14.7. The van der Waals surface area contributed by atoms with Gasteiger partial charge in [0.2, 0.25) is 0 Å². The molecule has 3 heterocycles. The highest BCUT2D eigenvalue weighted by Gasteiger charge is 2.22. The summed E-state index contributed by atoms with van der Waals surface area (Å²) in [5.74, 6) is 2.34. The number of hydrogen-bond donors (Lipinski definition) is 3. The van der Waals surface area contributed by atoms with Gasteiger partial charge in [0.05, 0.1) is 24.9 Å². The molecule has 2 aromatic rings. The summed E-state index contributed by atoms with van der Waals surface area (Å²) >= 11 is 0. The molecule has 4 rings (SSSR count). The smallest absolute Gasteiger partial charge is 0.191 e. The van der Waals surface area contributed by atoms with Crippen LogP contribution in [0.5, 0.6) is 0 Å². The number of aliphatic imine (C=N–C) groups is 1. The predicted molar refractivity (Wildman–Crippen MR) is 119 cm³/mol. The lowest BCUT2D eigenvalue weighted by molar-refractivity contribution is 0.145. The minimum atomic E-state index is -0.269. The molecule has 0 bridgehead atoms. The first kappa shape index (κ1) is 21.5. The Morgan fingerprint density at radius 3 is 2.84 bits per heavy atom. The number of benzene rings is 1. The van der Waals surface area contributed by atoms with Crippen molar-refractivity contribution < 1.29 is 9.50 Å². The van der Waals surface area contributed by atoms with Crippen molar-refractivity contribution in [2.45, 2.75) is 64.8 Å². The van der Waals surface area contributed by atoms with E-state index in [0.29, 0.717) is 38.2 Å². The molecular formula is C22H32FN7O. The average Bonchev–Trinajstić information content (AvgIpc) is 3.12. The fourth-order valence-corrected chi connectivity index (χ4v) is 4.25. The second-order valence-electron chi connectivity index (χ2n) is 8.34. The van der Waals surface area contributed by atoms with Crippen LogP contribution in [0.25, 0.3) is 0 Å². The molecule has 1 saturated heterocycles. The summed E-state index contributed by atoms with van der Waals surface area (Å²) in [6.45, 7) is 7.21. The quantitative estimate of drug-likeness (QED) is 0.496. The van der Waals surface area contributed by atoms with Gasteiger partial charge in [-0.3, -0.25) is 0 Å². The Bertz CT molecular complexity index is 921. The van der Waals surface area contributed by atoms with E-state index in [1.54, 1.807) is 6.07 Å². The predicted octanol–water partition coefficient (Wildman–Crippen LogP) is 1.76. The Hall–Kier alpha value is -2.68. The summed E-state index contributed by atoms with van der Waals surface area (Å²) in [5, 5.41) is 20.9. The van der Waals surface area contributed by atoms with Crippen molar-refractivity contribution in [3.8, 4) is 0 Å². The highest BCUT2D eigenvalue weighted by molar-refractivity contribution is 5.80. The van der Waals surface area contributed by atoms with E-state index in [4.69, 9.17) is 0 Å². The van der Waals surface area contributed by atoms with Crippen LogP contribution in [0, 0.1) is 12.7 Å². The zero-order valence-corrected chi connectivity index (χ0v) is 18.3. The van der Waals surface area contributed by atoms with E-state index < -0.39 is 0 Å². The molecule has 0 amide bonds. The molecule has 31 heavy (non-hydrogen) atoms. The minimum absolute atomic E-state index is 0.222. The molecule has 1 atom stereocenters. The van der Waals surface area contributed by atoms with E-state index in [2.05, 4.69) is 25.7 Å². The number of hydrogen-bond acceptors (Lipinski definition) is 5. The first-order valence-corrected chi connectivity index (χ1v) is 11.2. The third kappa shape index (κ3) is 5.33. The van der Waals surface area contributed by atoms with Gasteiger partial charge >= 0.3 is 0 Å². The molecule has 168 valence electrons. The van der Waals surface area contributed by atoms with Crippen LogP contribution >= 0.6 is 0 Å². The Morgan fingerprint density at radius 1 is 1.29 bits per heavy atom. The lowest BCUT2D eigenvalue weighted by atomic mass is 10.1. The second-order valence-corrected chi connectivity index (χ2v) is 8.34. The first-order valence-electron chi connectivity index (χ1n) is 11.2. The normalized spacial score (nSPS) is 19.9. The molecular weight excluding hydrogens is 397 g/mol. The van der Waals surface area contributed by atoms with Crippen LogP contribution in [0.4, 0.5) is 10.1 Å². The maximum atomic E-state index is 14.7. The second kappa shape index (κ2) is 9.64. The Kier molecular flexibility index (Phi) is 6.70. The summed E-state index contributed by atoms with van der Waals surface area (Å²) in [4.78, 5) is 11.1. The summed E-state index contributed by atoms with van der Waals surface area (Å²) in [6.07, 6.45) is 2.95. The number of aromatic nitrogens is 3. The van der Waals surface area contributed by atoms with E-state index in [1.165, 1.54) is 0 Å². The molecule has 1 aromatic heterocycles. The van der Waals surface area contributed by atoms with Gasteiger partial charge in [0.15, 0.2) is 5.96 Å². The highest BCUT2D eigenvalue weighted by atomic mass is 19.1. The SMILES string of the molecule is CCNC(=NCc1ccc(N2CCC(O)CC2)c(F)c1)NC1CCc2nc(C)nn2C1. The van der Waals surface area contributed by atoms with Gasteiger partial charge in [-0.05, 0) is 50.8 Å². The first-order chi connectivity index (χ1) is 15.0. The van der Waals surface area contributed by atoms with Gasteiger partial charge in [-0.25, -0.2) is 19.0 Å². The van der Waals surface area contributed by atoms with Crippen LogP contribution in [-0.4, -0.2) is 57.6 Å². The lowest BCUT2D eigenvalue weighted by Crippen LogP contribution is -2.47. The number of aliphatic hydroxyl groups is 1. The number of aryl methyl sites for hydroxylation is 2. The molecule has 1 fully saturated rings. The number of rotatable bonds is 5. The number of nitrogens with zero attached hydrogens (tertiary/aromatic N) is 5. The molecule has 8 nitrogen and oxygen atoms in total. The third-order valence-electron chi connectivity index (χ3n) is 5.89. The van der Waals surface area contributed by atoms with Crippen molar-refractivity contribution in [2.75, 3.05) is 24.5 Å². The molecule has 0 aliphatic carbocycles. The van der Waals surface area contributed by atoms with Crippen molar-refractivity contribution in [3.05, 3.63) is 41.2 Å². The topological polar surface area (TPSA) is 90.6 Å². The third-order valence-corrected chi connectivity index (χ3v) is 5.89. The van der Waals surface area contributed by atoms with Crippen molar-refractivity contribution in [1.82, 2.24) is 25.4 Å². The zero-order valence-electron chi connectivity index (χ0n) is 18.3.